The first-order valence-corrected chi connectivity index (χ1v) is 7.82. The van der Waals surface area contributed by atoms with E-state index in [4.69, 9.17) is 4.74 Å². The average Bonchev–Trinajstić information content (AvgIpc) is 2.96. The zero-order valence-corrected chi connectivity index (χ0v) is 14.0. The van der Waals surface area contributed by atoms with Crippen molar-refractivity contribution in [1.82, 2.24) is 10.2 Å². The van der Waals surface area contributed by atoms with Gasteiger partial charge in [-0.05, 0) is 48.9 Å². The van der Waals surface area contributed by atoms with Crippen LogP contribution >= 0.6 is 12.4 Å². The number of hydrogen-bond acceptors (Lipinski definition) is 3. The van der Waals surface area contributed by atoms with Gasteiger partial charge in [-0.3, -0.25) is 4.79 Å². The molecule has 0 atom stereocenters. The maximum atomic E-state index is 12.4. The van der Waals surface area contributed by atoms with Gasteiger partial charge in [0.05, 0.1) is 13.5 Å². The van der Waals surface area contributed by atoms with Crippen molar-refractivity contribution >= 4 is 18.3 Å². The molecule has 1 spiro atoms. The van der Waals surface area contributed by atoms with Crippen molar-refractivity contribution in [3.63, 3.8) is 0 Å². The van der Waals surface area contributed by atoms with Crippen LogP contribution in [0.1, 0.15) is 24.8 Å². The van der Waals surface area contributed by atoms with Crippen LogP contribution in [0.3, 0.4) is 0 Å². The van der Waals surface area contributed by atoms with Crippen molar-refractivity contribution in [2.24, 2.45) is 5.41 Å². The van der Waals surface area contributed by atoms with Crippen LogP contribution in [0.25, 0.3) is 0 Å². The Morgan fingerprint density at radius 2 is 2.09 bits per heavy atom. The van der Waals surface area contributed by atoms with Crippen molar-refractivity contribution in [2.75, 3.05) is 33.3 Å². The fourth-order valence-corrected chi connectivity index (χ4v) is 3.52. The second kappa shape index (κ2) is 7.34. The normalized spacial score (nSPS) is 19.8. The Morgan fingerprint density at radius 1 is 1.32 bits per heavy atom. The van der Waals surface area contributed by atoms with Crippen molar-refractivity contribution in [3.05, 3.63) is 29.8 Å². The van der Waals surface area contributed by atoms with Crippen molar-refractivity contribution < 1.29 is 9.53 Å². The van der Waals surface area contributed by atoms with Crippen molar-refractivity contribution in [1.29, 1.82) is 0 Å². The van der Waals surface area contributed by atoms with Crippen LogP contribution in [0.15, 0.2) is 24.3 Å². The number of likely N-dealkylation sites (tertiary alicyclic amines) is 1. The van der Waals surface area contributed by atoms with Crippen LogP contribution in [0, 0.1) is 5.41 Å². The van der Waals surface area contributed by atoms with Gasteiger partial charge in [0.25, 0.3) is 0 Å². The van der Waals surface area contributed by atoms with Gasteiger partial charge in [0.15, 0.2) is 0 Å². The molecule has 0 radical (unpaired) electrons. The lowest BCUT2D eigenvalue weighted by molar-refractivity contribution is -0.132. The fourth-order valence-electron chi connectivity index (χ4n) is 3.52. The second-order valence-corrected chi connectivity index (χ2v) is 6.34. The third kappa shape index (κ3) is 3.73. The number of hydrogen-bond donors (Lipinski definition) is 1. The molecule has 3 rings (SSSR count). The van der Waals surface area contributed by atoms with Gasteiger partial charge in [0.2, 0.25) is 5.91 Å². The largest absolute Gasteiger partial charge is 0.497 e. The molecule has 0 aromatic heterocycles. The van der Waals surface area contributed by atoms with Crippen LogP contribution in [0.4, 0.5) is 0 Å². The minimum Gasteiger partial charge on any atom is -0.497 e. The molecule has 2 fully saturated rings. The maximum absolute atomic E-state index is 12.4. The molecule has 4 nitrogen and oxygen atoms in total. The van der Waals surface area contributed by atoms with Gasteiger partial charge in [-0.15, -0.1) is 12.4 Å². The second-order valence-electron chi connectivity index (χ2n) is 6.34. The van der Waals surface area contributed by atoms with Gasteiger partial charge in [-0.2, -0.15) is 0 Å². The molecule has 2 aliphatic rings. The van der Waals surface area contributed by atoms with Gasteiger partial charge in [-0.25, -0.2) is 0 Å². The zero-order valence-electron chi connectivity index (χ0n) is 13.1. The number of halogens is 1. The Balaban J connectivity index is 0.00000176. The minimum absolute atomic E-state index is 0. The highest BCUT2D eigenvalue weighted by Crippen LogP contribution is 2.37. The molecule has 2 aliphatic heterocycles. The third-order valence-electron chi connectivity index (χ3n) is 5.00. The van der Waals surface area contributed by atoms with Crippen LogP contribution in [-0.2, 0) is 11.2 Å². The van der Waals surface area contributed by atoms with Gasteiger partial charge in [0.1, 0.15) is 5.75 Å². The van der Waals surface area contributed by atoms with Crippen molar-refractivity contribution in [2.45, 2.75) is 25.7 Å². The molecule has 0 unspecified atom stereocenters. The topological polar surface area (TPSA) is 41.6 Å². The van der Waals surface area contributed by atoms with Crippen molar-refractivity contribution in [3.8, 4) is 5.75 Å². The van der Waals surface area contributed by atoms with E-state index >= 15 is 0 Å². The number of amides is 1. The summed E-state index contributed by atoms with van der Waals surface area (Å²) < 4.78 is 5.21. The molecule has 1 N–H and O–H groups in total. The monoisotopic (exact) mass is 324 g/mol. The molecule has 122 valence electrons. The van der Waals surface area contributed by atoms with Crippen LogP contribution < -0.4 is 10.1 Å². The van der Waals surface area contributed by atoms with Crippen LogP contribution in [0.2, 0.25) is 0 Å². The van der Waals surface area contributed by atoms with E-state index in [1.807, 2.05) is 29.2 Å². The summed E-state index contributed by atoms with van der Waals surface area (Å²) in [6, 6.07) is 7.79. The summed E-state index contributed by atoms with van der Waals surface area (Å²) in [7, 11) is 1.65. The van der Waals surface area contributed by atoms with Crippen LogP contribution in [0.5, 0.6) is 5.75 Å². The number of methoxy groups -OCH3 is 1. The Bertz CT molecular complexity index is 505. The van der Waals surface area contributed by atoms with E-state index in [0.717, 1.165) is 50.3 Å². The number of nitrogens with one attached hydrogen (secondary N) is 1. The molecular weight excluding hydrogens is 300 g/mol. The molecule has 5 heteroatoms. The average molecular weight is 325 g/mol. The first kappa shape index (κ1) is 17.1. The van der Waals surface area contributed by atoms with E-state index in [1.54, 1.807) is 7.11 Å². The van der Waals surface area contributed by atoms with Gasteiger partial charge in [0, 0.05) is 19.6 Å². The van der Waals surface area contributed by atoms with E-state index < -0.39 is 0 Å². The molecular formula is C17H25ClN2O2. The summed E-state index contributed by atoms with van der Waals surface area (Å²) in [4.78, 5) is 14.5. The zero-order chi connectivity index (χ0) is 14.7. The Labute approximate surface area is 138 Å². The van der Waals surface area contributed by atoms with E-state index in [1.165, 1.54) is 6.42 Å². The maximum Gasteiger partial charge on any atom is 0.226 e. The molecule has 2 saturated heterocycles. The first-order valence-electron chi connectivity index (χ1n) is 7.82. The van der Waals surface area contributed by atoms with Crippen LogP contribution in [-0.4, -0.2) is 44.1 Å². The van der Waals surface area contributed by atoms with E-state index in [-0.39, 0.29) is 18.3 Å². The number of benzene rings is 1. The fraction of sp³-hybridized carbons (Fsp3) is 0.588. The van der Waals surface area contributed by atoms with E-state index in [9.17, 15) is 4.79 Å². The molecule has 1 amide bonds. The summed E-state index contributed by atoms with van der Waals surface area (Å²) >= 11 is 0. The minimum atomic E-state index is 0. The summed E-state index contributed by atoms with van der Waals surface area (Å²) in [6.45, 7) is 4.08. The summed E-state index contributed by atoms with van der Waals surface area (Å²) in [5.74, 6) is 1.05. The number of piperidine rings is 1. The number of nitrogens with zero attached hydrogens (tertiary/aromatic N) is 1. The molecule has 0 aliphatic carbocycles. The number of rotatable bonds is 3. The molecule has 22 heavy (non-hydrogen) atoms. The molecule has 1 aromatic carbocycles. The number of carbonyl (C=O) groups is 1. The first-order chi connectivity index (χ1) is 10.2. The Kier molecular flexibility index (Phi) is 5.70. The summed E-state index contributed by atoms with van der Waals surface area (Å²) in [6.07, 6.45) is 4.03. The Morgan fingerprint density at radius 3 is 2.73 bits per heavy atom. The molecule has 2 heterocycles. The Hall–Kier alpha value is -1.26. The van der Waals surface area contributed by atoms with E-state index in [0.29, 0.717) is 11.8 Å². The molecule has 1 aromatic rings. The van der Waals surface area contributed by atoms with Gasteiger partial charge >= 0.3 is 0 Å². The number of carbonyl (C=O) groups excluding carboxylic acids is 1. The molecule has 0 saturated carbocycles. The standard InChI is InChI=1S/C17H24N2O2.ClH/c1-21-15-4-2-3-14(11-15)12-16(20)19-9-6-17(7-10-19)5-8-18-13-17;/h2-4,11,18H,5-10,12-13H2,1H3;1H. The quantitative estimate of drug-likeness (QED) is 0.927. The lowest BCUT2D eigenvalue weighted by atomic mass is 9.78. The SMILES string of the molecule is COc1cccc(CC(=O)N2CCC3(CCNC3)CC2)c1.Cl. The lowest BCUT2D eigenvalue weighted by Crippen LogP contribution is -2.44. The summed E-state index contributed by atoms with van der Waals surface area (Å²) in [5, 5.41) is 3.46. The predicted octanol–water partition coefficient (Wildman–Crippen LogP) is 2.26. The molecule has 0 bridgehead atoms. The van der Waals surface area contributed by atoms with Gasteiger partial charge < -0.3 is 15.0 Å². The highest BCUT2D eigenvalue weighted by molar-refractivity contribution is 5.85. The lowest BCUT2D eigenvalue weighted by Gasteiger charge is -2.39. The van der Waals surface area contributed by atoms with E-state index in [2.05, 4.69) is 5.32 Å². The number of ether oxygens (including phenoxy) is 1. The highest BCUT2D eigenvalue weighted by Gasteiger charge is 2.37. The predicted molar refractivity (Wildman–Crippen MR) is 89.7 cm³/mol. The third-order valence-corrected chi connectivity index (χ3v) is 5.00. The summed E-state index contributed by atoms with van der Waals surface area (Å²) in [5.41, 5.74) is 1.49. The highest BCUT2D eigenvalue weighted by atomic mass is 35.5. The van der Waals surface area contributed by atoms with Gasteiger partial charge in [-0.1, -0.05) is 12.1 Å². The smallest absolute Gasteiger partial charge is 0.226 e.